The van der Waals surface area contributed by atoms with Crippen LogP contribution in [-0.4, -0.2) is 31.4 Å². The van der Waals surface area contributed by atoms with Crippen LogP contribution in [0.15, 0.2) is 75.7 Å². The van der Waals surface area contributed by atoms with Crippen molar-refractivity contribution in [1.29, 1.82) is 0 Å². The number of hydrogen-bond donors (Lipinski definition) is 0. The molecule has 1 aromatic heterocycles. The number of aromatic nitrogens is 1. The molecule has 3 aromatic rings. The van der Waals surface area contributed by atoms with Crippen LogP contribution in [0, 0.1) is 0 Å². The van der Waals surface area contributed by atoms with Crippen molar-refractivity contribution in [2.45, 2.75) is 19.9 Å². The van der Waals surface area contributed by atoms with Crippen LogP contribution in [0.3, 0.4) is 0 Å². The standard InChI is InChI=1S/C27H26N2O5S/c1-5-34-26(31)23-17(2)28-27-29(24(23)19-13-7-9-15-21(19)33-4)25(30)22(35-27)16-10-12-18-11-6-8-14-20(18)32-3/h6-16,24H,5H2,1-4H3. The van der Waals surface area contributed by atoms with Crippen molar-refractivity contribution in [3.05, 3.63) is 96.7 Å². The first kappa shape index (κ1) is 24.2. The van der Waals surface area contributed by atoms with Gasteiger partial charge >= 0.3 is 5.97 Å². The predicted molar refractivity (Wildman–Crippen MR) is 136 cm³/mol. The van der Waals surface area contributed by atoms with Gasteiger partial charge in [-0.1, -0.05) is 59.9 Å². The summed E-state index contributed by atoms with van der Waals surface area (Å²) >= 11 is 1.27. The van der Waals surface area contributed by atoms with Gasteiger partial charge in [-0.05, 0) is 32.1 Å². The molecule has 1 atom stereocenters. The number of esters is 1. The molecule has 8 heteroatoms. The van der Waals surface area contributed by atoms with E-state index in [0.717, 1.165) is 11.3 Å². The van der Waals surface area contributed by atoms with Gasteiger partial charge in [0.25, 0.3) is 5.56 Å². The third-order valence-electron chi connectivity index (χ3n) is 5.61. The molecule has 35 heavy (non-hydrogen) atoms. The van der Waals surface area contributed by atoms with E-state index < -0.39 is 12.0 Å². The van der Waals surface area contributed by atoms with Gasteiger partial charge in [-0.2, -0.15) is 0 Å². The fourth-order valence-electron chi connectivity index (χ4n) is 4.04. The van der Waals surface area contributed by atoms with E-state index in [2.05, 4.69) is 4.99 Å². The van der Waals surface area contributed by atoms with Crippen molar-refractivity contribution in [3.8, 4) is 11.5 Å². The molecule has 0 spiro atoms. The molecule has 0 aliphatic carbocycles. The molecular weight excluding hydrogens is 464 g/mol. The van der Waals surface area contributed by atoms with Crippen molar-refractivity contribution >= 4 is 29.5 Å². The van der Waals surface area contributed by atoms with Crippen LogP contribution in [0.2, 0.25) is 0 Å². The molecule has 0 bridgehead atoms. The van der Waals surface area contributed by atoms with E-state index in [9.17, 15) is 9.59 Å². The summed E-state index contributed by atoms with van der Waals surface area (Å²) in [7, 11) is 3.18. The molecular formula is C27H26N2O5S. The van der Waals surface area contributed by atoms with Crippen LogP contribution < -0.4 is 24.4 Å². The van der Waals surface area contributed by atoms with Gasteiger partial charge in [0.15, 0.2) is 4.80 Å². The first-order chi connectivity index (χ1) is 17.0. The summed E-state index contributed by atoms with van der Waals surface area (Å²) in [5.74, 6) is 0.805. The number of hydrogen-bond acceptors (Lipinski definition) is 7. The van der Waals surface area contributed by atoms with Crippen molar-refractivity contribution in [2.75, 3.05) is 20.8 Å². The minimum Gasteiger partial charge on any atom is -0.496 e. The number of nitrogens with zero attached hydrogens (tertiary/aromatic N) is 2. The fraction of sp³-hybridized carbons (Fsp3) is 0.222. The molecule has 0 saturated heterocycles. The third kappa shape index (κ3) is 4.70. The number of carbonyl (C=O) groups is 1. The second-order valence-corrected chi connectivity index (χ2v) is 8.68. The van der Waals surface area contributed by atoms with Gasteiger partial charge in [-0.3, -0.25) is 9.36 Å². The van der Waals surface area contributed by atoms with Crippen molar-refractivity contribution < 1.29 is 19.0 Å². The van der Waals surface area contributed by atoms with Gasteiger partial charge in [-0.15, -0.1) is 0 Å². The van der Waals surface area contributed by atoms with Crippen LogP contribution in [0.25, 0.3) is 12.2 Å². The molecule has 4 rings (SSSR count). The lowest BCUT2D eigenvalue weighted by Gasteiger charge is -2.25. The van der Waals surface area contributed by atoms with E-state index >= 15 is 0 Å². The smallest absolute Gasteiger partial charge is 0.338 e. The molecule has 2 heterocycles. The normalized spacial score (nSPS) is 15.7. The summed E-state index contributed by atoms with van der Waals surface area (Å²) in [6, 6.07) is 14.2. The molecule has 0 radical (unpaired) electrons. The minimum absolute atomic E-state index is 0.215. The van der Waals surface area contributed by atoms with Crippen molar-refractivity contribution in [1.82, 2.24) is 4.57 Å². The zero-order valence-electron chi connectivity index (χ0n) is 20.0. The summed E-state index contributed by atoms with van der Waals surface area (Å²) in [5, 5.41) is 0. The third-order valence-corrected chi connectivity index (χ3v) is 6.61. The van der Waals surface area contributed by atoms with Gasteiger partial charge in [0.1, 0.15) is 17.5 Å². The van der Waals surface area contributed by atoms with E-state index in [1.54, 1.807) is 44.8 Å². The quantitative estimate of drug-likeness (QED) is 0.474. The van der Waals surface area contributed by atoms with E-state index in [4.69, 9.17) is 14.2 Å². The Morgan fingerprint density at radius 3 is 2.49 bits per heavy atom. The van der Waals surface area contributed by atoms with Crippen molar-refractivity contribution in [3.63, 3.8) is 0 Å². The first-order valence-electron chi connectivity index (χ1n) is 11.1. The van der Waals surface area contributed by atoms with E-state index in [-0.39, 0.29) is 12.2 Å². The highest BCUT2D eigenvalue weighted by atomic mass is 32.1. The highest BCUT2D eigenvalue weighted by molar-refractivity contribution is 7.07. The highest BCUT2D eigenvalue weighted by Gasteiger charge is 2.34. The highest BCUT2D eigenvalue weighted by Crippen LogP contribution is 2.35. The summed E-state index contributed by atoms with van der Waals surface area (Å²) < 4.78 is 18.3. The summed E-state index contributed by atoms with van der Waals surface area (Å²) in [4.78, 5) is 31.7. The Hall–Kier alpha value is -3.91. The van der Waals surface area contributed by atoms with Crippen LogP contribution in [0.4, 0.5) is 0 Å². The van der Waals surface area contributed by atoms with E-state index in [1.807, 2.05) is 54.6 Å². The maximum atomic E-state index is 13.6. The number of carbonyl (C=O) groups excluding carboxylic acids is 1. The van der Waals surface area contributed by atoms with Gasteiger partial charge < -0.3 is 14.2 Å². The average Bonchev–Trinajstić information content (AvgIpc) is 3.18. The predicted octanol–water partition coefficient (Wildman–Crippen LogP) is 3.48. The Labute approximate surface area is 206 Å². The first-order valence-corrected chi connectivity index (χ1v) is 11.9. The van der Waals surface area contributed by atoms with E-state index in [0.29, 0.717) is 31.9 Å². The van der Waals surface area contributed by atoms with Crippen LogP contribution in [-0.2, 0) is 9.53 Å². The number of fused-ring (bicyclic) bond motifs is 1. The zero-order valence-corrected chi connectivity index (χ0v) is 20.8. The van der Waals surface area contributed by atoms with Crippen LogP contribution in [0.1, 0.15) is 31.0 Å². The number of allylic oxidation sites excluding steroid dienone is 2. The number of thiazole rings is 1. The average molecular weight is 491 g/mol. The molecule has 1 unspecified atom stereocenters. The largest absolute Gasteiger partial charge is 0.496 e. The maximum Gasteiger partial charge on any atom is 0.338 e. The molecule has 1 aliphatic heterocycles. The molecule has 1 aliphatic rings. The lowest BCUT2D eigenvalue weighted by atomic mass is 9.95. The Kier molecular flexibility index (Phi) is 7.31. The Morgan fingerprint density at radius 2 is 1.77 bits per heavy atom. The molecule has 0 amide bonds. The molecule has 180 valence electrons. The number of ether oxygens (including phenoxy) is 3. The number of benzene rings is 2. The van der Waals surface area contributed by atoms with Gasteiger partial charge in [0, 0.05) is 11.1 Å². The van der Waals surface area contributed by atoms with Crippen LogP contribution >= 0.6 is 11.3 Å². The monoisotopic (exact) mass is 490 g/mol. The van der Waals surface area contributed by atoms with Gasteiger partial charge in [0.2, 0.25) is 0 Å². The molecule has 0 N–H and O–H groups in total. The number of methoxy groups -OCH3 is 2. The Morgan fingerprint density at radius 1 is 1.09 bits per heavy atom. The number of rotatable bonds is 7. The maximum absolute atomic E-state index is 13.6. The summed E-state index contributed by atoms with van der Waals surface area (Å²) in [6.45, 7) is 3.72. The molecule has 0 fully saturated rings. The van der Waals surface area contributed by atoms with Gasteiger partial charge in [0.05, 0.1) is 36.6 Å². The lowest BCUT2D eigenvalue weighted by Crippen LogP contribution is -2.40. The molecule has 7 nitrogen and oxygen atoms in total. The lowest BCUT2D eigenvalue weighted by molar-refractivity contribution is -0.139. The zero-order chi connectivity index (χ0) is 24.9. The Balaban J connectivity index is 1.88. The SMILES string of the molecule is CCOC(=O)C1=C(C)N=c2sc(=CC=Cc3ccccc3OC)c(=O)n2C1c1ccccc1OC. The Bertz CT molecular complexity index is 1500. The van der Waals surface area contributed by atoms with Gasteiger partial charge in [-0.25, -0.2) is 9.79 Å². The van der Waals surface area contributed by atoms with Crippen LogP contribution in [0.5, 0.6) is 11.5 Å². The van der Waals surface area contributed by atoms with E-state index in [1.165, 1.54) is 11.3 Å². The number of para-hydroxylation sites is 2. The van der Waals surface area contributed by atoms with Crippen molar-refractivity contribution in [2.24, 2.45) is 4.99 Å². The second-order valence-electron chi connectivity index (χ2n) is 7.67. The summed E-state index contributed by atoms with van der Waals surface area (Å²) in [6.07, 6.45) is 5.44. The fourth-order valence-corrected chi connectivity index (χ4v) is 5.03. The molecule has 0 saturated carbocycles. The topological polar surface area (TPSA) is 79.1 Å². The second kappa shape index (κ2) is 10.6. The summed E-state index contributed by atoms with van der Waals surface area (Å²) in [5.41, 5.74) is 2.16. The molecule has 2 aromatic carbocycles. The minimum atomic E-state index is -0.721.